The van der Waals surface area contributed by atoms with Crippen LogP contribution in [0.4, 0.5) is 5.69 Å². The third-order valence-electron chi connectivity index (χ3n) is 6.06. The van der Waals surface area contributed by atoms with Crippen molar-refractivity contribution in [1.82, 2.24) is 10.2 Å². The van der Waals surface area contributed by atoms with E-state index >= 15 is 0 Å². The summed E-state index contributed by atoms with van der Waals surface area (Å²) in [5.74, 6) is -0.816. The minimum absolute atomic E-state index is 0.0858. The highest BCUT2D eigenvalue weighted by molar-refractivity contribution is 7.92. The minimum Gasteiger partial charge on any atom is -0.357 e. The van der Waals surface area contributed by atoms with E-state index in [-0.39, 0.29) is 17.3 Å². The fourth-order valence-corrected chi connectivity index (χ4v) is 5.30. The summed E-state index contributed by atoms with van der Waals surface area (Å²) in [6, 6.07) is 21.9. The van der Waals surface area contributed by atoms with Gasteiger partial charge in [0.2, 0.25) is 11.8 Å². The van der Waals surface area contributed by atoms with Crippen LogP contribution in [0, 0.1) is 13.8 Å². The van der Waals surface area contributed by atoms with Crippen molar-refractivity contribution in [3.05, 3.63) is 95.6 Å². The van der Waals surface area contributed by atoms with Gasteiger partial charge in [-0.05, 0) is 55.7 Å². The minimum atomic E-state index is -4.06. The molecule has 1 unspecified atom stereocenters. The van der Waals surface area contributed by atoms with E-state index in [1.807, 2.05) is 50.2 Å². The number of carbonyl (C=O) groups is 2. The number of likely N-dealkylation sites (N-methyl/N-ethyl adjacent to an activating group) is 1. The summed E-state index contributed by atoms with van der Waals surface area (Å²) in [7, 11) is -2.55. The molecule has 7 nitrogen and oxygen atoms in total. The molecule has 0 fully saturated rings. The number of benzene rings is 3. The molecule has 0 aliphatic heterocycles. The van der Waals surface area contributed by atoms with E-state index in [0.29, 0.717) is 5.69 Å². The maximum atomic E-state index is 13.7. The molecule has 1 N–H and O–H groups in total. The zero-order valence-electron chi connectivity index (χ0n) is 20.4. The zero-order valence-corrected chi connectivity index (χ0v) is 21.2. The Morgan fingerprint density at radius 1 is 0.886 bits per heavy atom. The number of sulfonamides is 1. The number of hydrogen-bond donors (Lipinski definition) is 1. The molecule has 0 saturated heterocycles. The monoisotopic (exact) mass is 493 g/mol. The van der Waals surface area contributed by atoms with E-state index in [1.54, 1.807) is 37.3 Å². The van der Waals surface area contributed by atoms with Crippen LogP contribution in [0.1, 0.15) is 23.6 Å². The van der Waals surface area contributed by atoms with Crippen LogP contribution < -0.4 is 9.62 Å². The van der Waals surface area contributed by atoms with Gasteiger partial charge in [-0.3, -0.25) is 13.9 Å². The number of rotatable bonds is 9. The average molecular weight is 494 g/mol. The summed E-state index contributed by atoms with van der Waals surface area (Å²) in [6.07, 6.45) is 0. The van der Waals surface area contributed by atoms with Crippen molar-refractivity contribution < 1.29 is 18.0 Å². The van der Waals surface area contributed by atoms with Crippen molar-refractivity contribution in [1.29, 1.82) is 0 Å². The van der Waals surface area contributed by atoms with Crippen LogP contribution in [0.15, 0.2) is 83.8 Å². The molecule has 1 atom stereocenters. The molecule has 0 aliphatic carbocycles. The van der Waals surface area contributed by atoms with E-state index in [4.69, 9.17) is 0 Å². The van der Waals surface area contributed by atoms with Gasteiger partial charge in [-0.1, -0.05) is 60.7 Å². The molecule has 0 heterocycles. The second-order valence-electron chi connectivity index (χ2n) is 8.34. The van der Waals surface area contributed by atoms with E-state index in [9.17, 15) is 18.0 Å². The van der Waals surface area contributed by atoms with Gasteiger partial charge in [-0.25, -0.2) is 8.42 Å². The molecule has 2 amide bonds. The summed E-state index contributed by atoms with van der Waals surface area (Å²) < 4.78 is 28.6. The van der Waals surface area contributed by atoms with Gasteiger partial charge in [0.15, 0.2) is 0 Å². The summed E-state index contributed by atoms with van der Waals surface area (Å²) in [4.78, 5) is 27.7. The molecule has 3 aromatic carbocycles. The summed E-state index contributed by atoms with van der Waals surface area (Å²) in [6.45, 7) is 5.07. The lowest BCUT2D eigenvalue weighted by Gasteiger charge is -2.32. The molecule has 184 valence electrons. The first kappa shape index (κ1) is 26.0. The van der Waals surface area contributed by atoms with E-state index in [0.717, 1.165) is 21.0 Å². The van der Waals surface area contributed by atoms with Crippen LogP contribution in [-0.2, 0) is 26.2 Å². The summed E-state index contributed by atoms with van der Waals surface area (Å²) >= 11 is 0. The topological polar surface area (TPSA) is 86.8 Å². The molecule has 35 heavy (non-hydrogen) atoms. The van der Waals surface area contributed by atoms with Crippen LogP contribution in [0.2, 0.25) is 0 Å². The van der Waals surface area contributed by atoms with Gasteiger partial charge in [0.1, 0.15) is 12.6 Å². The third kappa shape index (κ3) is 5.89. The van der Waals surface area contributed by atoms with Crippen molar-refractivity contribution >= 4 is 27.5 Å². The molecular weight excluding hydrogens is 462 g/mol. The number of nitrogens with zero attached hydrogens (tertiary/aromatic N) is 2. The second kappa shape index (κ2) is 11.2. The number of aryl methyl sites for hydroxylation is 1. The Kier molecular flexibility index (Phi) is 8.30. The molecule has 0 aromatic heterocycles. The average Bonchev–Trinajstić information content (AvgIpc) is 2.87. The largest absolute Gasteiger partial charge is 0.357 e. The molecule has 0 radical (unpaired) electrons. The van der Waals surface area contributed by atoms with Crippen molar-refractivity contribution in [2.75, 3.05) is 17.9 Å². The molecule has 0 saturated carbocycles. The Morgan fingerprint density at radius 2 is 1.49 bits per heavy atom. The highest BCUT2D eigenvalue weighted by Gasteiger charge is 2.32. The van der Waals surface area contributed by atoms with Gasteiger partial charge in [0.25, 0.3) is 10.0 Å². The standard InChI is InChI=1S/C27H31N3O4S/c1-20-12-11-17-25(21(20)2)30(35(33,34)24-15-9-6-10-16-24)19-26(31)29(22(3)27(32)28-4)18-23-13-7-5-8-14-23/h5-17,22H,18-19H2,1-4H3,(H,28,32). The van der Waals surface area contributed by atoms with Crippen molar-refractivity contribution in [2.45, 2.75) is 38.3 Å². The normalized spacial score (nSPS) is 12.0. The second-order valence-corrected chi connectivity index (χ2v) is 10.2. The van der Waals surface area contributed by atoms with Gasteiger partial charge in [0, 0.05) is 13.6 Å². The number of nitrogens with one attached hydrogen (secondary N) is 1. The van der Waals surface area contributed by atoms with Gasteiger partial charge in [0.05, 0.1) is 10.6 Å². The lowest BCUT2D eigenvalue weighted by atomic mass is 10.1. The Balaban J connectivity index is 2.06. The fraction of sp³-hybridized carbons (Fsp3) is 0.259. The van der Waals surface area contributed by atoms with E-state index in [1.165, 1.54) is 24.1 Å². The first-order chi connectivity index (χ1) is 16.7. The lowest BCUT2D eigenvalue weighted by Crippen LogP contribution is -2.50. The Labute approximate surface area is 207 Å². The highest BCUT2D eigenvalue weighted by Crippen LogP contribution is 2.29. The van der Waals surface area contributed by atoms with Crippen LogP contribution in [-0.4, -0.2) is 44.8 Å². The highest BCUT2D eigenvalue weighted by atomic mass is 32.2. The third-order valence-corrected chi connectivity index (χ3v) is 7.84. The molecular formula is C27H31N3O4S. The molecule has 3 rings (SSSR count). The maximum Gasteiger partial charge on any atom is 0.264 e. The van der Waals surface area contributed by atoms with E-state index < -0.39 is 28.5 Å². The first-order valence-corrected chi connectivity index (χ1v) is 12.8. The summed E-state index contributed by atoms with van der Waals surface area (Å²) in [5, 5.41) is 2.58. The molecule has 0 bridgehead atoms. The van der Waals surface area contributed by atoms with Crippen molar-refractivity contribution in [3.63, 3.8) is 0 Å². The molecule has 3 aromatic rings. The molecule has 0 spiro atoms. The number of hydrogen-bond acceptors (Lipinski definition) is 4. The fourth-order valence-electron chi connectivity index (χ4n) is 3.81. The predicted molar refractivity (Wildman–Crippen MR) is 137 cm³/mol. The van der Waals surface area contributed by atoms with Crippen LogP contribution in [0.5, 0.6) is 0 Å². The Bertz CT molecular complexity index is 1280. The SMILES string of the molecule is CNC(=O)C(C)N(Cc1ccccc1)C(=O)CN(c1cccc(C)c1C)S(=O)(=O)c1ccccc1. The van der Waals surface area contributed by atoms with Gasteiger partial charge in [-0.15, -0.1) is 0 Å². The van der Waals surface area contributed by atoms with Crippen molar-refractivity contribution in [2.24, 2.45) is 0 Å². The Hall–Kier alpha value is -3.65. The summed E-state index contributed by atoms with van der Waals surface area (Å²) in [5.41, 5.74) is 2.92. The first-order valence-electron chi connectivity index (χ1n) is 11.4. The smallest absolute Gasteiger partial charge is 0.264 e. The Morgan fingerprint density at radius 3 is 2.09 bits per heavy atom. The number of anilines is 1. The van der Waals surface area contributed by atoms with Gasteiger partial charge >= 0.3 is 0 Å². The van der Waals surface area contributed by atoms with Crippen LogP contribution in [0.25, 0.3) is 0 Å². The van der Waals surface area contributed by atoms with Gasteiger partial charge in [-0.2, -0.15) is 0 Å². The van der Waals surface area contributed by atoms with Gasteiger partial charge < -0.3 is 10.2 Å². The lowest BCUT2D eigenvalue weighted by molar-refractivity contribution is -0.139. The number of amides is 2. The predicted octanol–water partition coefficient (Wildman–Crippen LogP) is 3.66. The van der Waals surface area contributed by atoms with Crippen LogP contribution in [0.3, 0.4) is 0 Å². The maximum absolute atomic E-state index is 13.7. The van der Waals surface area contributed by atoms with E-state index in [2.05, 4.69) is 5.32 Å². The zero-order chi connectivity index (χ0) is 25.6. The quantitative estimate of drug-likeness (QED) is 0.493. The molecule has 0 aliphatic rings. The van der Waals surface area contributed by atoms with Crippen molar-refractivity contribution in [3.8, 4) is 0 Å². The molecule has 8 heteroatoms. The van der Waals surface area contributed by atoms with Crippen LogP contribution >= 0.6 is 0 Å². The number of carbonyl (C=O) groups excluding carboxylic acids is 2.